The first-order valence-corrected chi connectivity index (χ1v) is 16.1. The molecule has 1 atom stereocenters. The number of nitrogens with one attached hydrogen (secondary N) is 3. The van der Waals surface area contributed by atoms with E-state index >= 15 is 0 Å². The molecule has 46 heavy (non-hydrogen) atoms. The SMILES string of the molecule is CCOC(=O)C[C@H](COc1cc(C(=N)N)ccc1C=C(NC(C)=O)C(=O)OCC)NC(=O)c1ccc(S(=O)(=O)N2CCCC2)cc1. The van der Waals surface area contributed by atoms with Crippen molar-refractivity contribution in [1.29, 1.82) is 5.41 Å². The van der Waals surface area contributed by atoms with Gasteiger partial charge in [0.1, 0.15) is 23.9 Å². The summed E-state index contributed by atoms with van der Waals surface area (Å²) in [4.78, 5) is 49.9. The van der Waals surface area contributed by atoms with Crippen molar-refractivity contribution >= 4 is 45.7 Å². The molecule has 14 nitrogen and oxygen atoms in total. The molecule has 1 saturated heterocycles. The Balaban J connectivity index is 1.87. The van der Waals surface area contributed by atoms with E-state index in [1.807, 2.05) is 0 Å². The van der Waals surface area contributed by atoms with Crippen molar-refractivity contribution < 1.29 is 41.8 Å². The summed E-state index contributed by atoms with van der Waals surface area (Å²) in [7, 11) is -3.66. The number of hydrogen-bond donors (Lipinski definition) is 4. The molecule has 1 heterocycles. The number of amides is 2. The summed E-state index contributed by atoms with van der Waals surface area (Å²) in [5.74, 6) is -2.63. The van der Waals surface area contributed by atoms with Crippen molar-refractivity contribution in [2.45, 2.75) is 51.0 Å². The third kappa shape index (κ3) is 9.87. The van der Waals surface area contributed by atoms with Crippen LogP contribution in [-0.4, -0.2) is 81.3 Å². The van der Waals surface area contributed by atoms with Crippen LogP contribution in [0.4, 0.5) is 0 Å². The number of sulfonamides is 1. The van der Waals surface area contributed by atoms with E-state index in [-0.39, 0.29) is 54.0 Å². The van der Waals surface area contributed by atoms with Crippen molar-refractivity contribution in [3.05, 3.63) is 64.9 Å². The molecule has 1 fully saturated rings. The molecule has 2 aromatic carbocycles. The number of carbonyl (C=O) groups is 4. The monoisotopic (exact) mass is 657 g/mol. The molecule has 2 amide bonds. The van der Waals surface area contributed by atoms with Gasteiger partial charge < -0.3 is 30.6 Å². The Bertz CT molecular complexity index is 1580. The normalized spacial score (nSPS) is 14.2. The van der Waals surface area contributed by atoms with Crippen molar-refractivity contribution in [2.75, 3.05) is 32.9 Å². The van der Waals surface area contributed by atoms with E-state index in [1.54, 1.807) is 13.8 Å². The van der Waals surface area contributed by atoms with Gasteiger partial charge in [-0.1, -0.05) is 12.1 Å². The van der Waals surface area contributed by atoms with Crippen LogP contribution in [0.1, 0.15) is 61.5 Å². The van der Waals surface area contributed by atoms with Crippen LogP contribution in [0.2, 0.25) is 0 Å². The second kappa shape index (κ2) is 16.5. The molecule has 0 spiro atoms. The number of benzene rings is 2. The first-order valence-electron chi connectivity index (χ1n) is 14.7. The summed E-state index contributed by atoms with van der Waals surface area (Å²) in [5, 5.41) is 13.0. The molecule has 1 aliphatic heterocycles. The molecule has 248 valence electrons. The van der Waals surface area contributed by atoms with Gasteiger partial charge in [-0.3, -0.25) is 19.8 Å². The third-order valence-electron chi connectivity index (χ3n) is 6.74. The van der Waals surface area contributed by atoms with E-state index in [1.165, 1.54) is 59.8 Å². The van der Waals surface area contributed by atoms with E-state index in [0.29, 0.717) is 24.2 Å². The van der Waals surface area contributed by atoms with Gasteiger partial charge in [0.25, 0.3) is 5.91 Å². The van der Waals surface area contributed by atoms with E-state index in [0.717, 1.165) is 12.8 Å². The number of hydrogen-bond acceptors (Lipinski definition) is 10. The molecule has 0 unspecified atom stereocenters. The number of nitrogen functional groups attached to an aromatic ring is 1. The zero-order valence-corrected chi connectivity index (χ0v) is 26.8. The number of amidine groups is 1. The minimum absolute atomic E-state index is 0.0641. The number of nitrogens with zero attached hydrogens (tertiary/aromatic N) is 1. The Hall–Kier alpha value is -4.76. The average molecular weight is 658 g/mol. The molecule has 0 aromatic heterocycles. The lowest BCUT2D eigenvalue weighted by Crippen LogP contribution is -2.41. The smallest absolute Gasteiger partial charge is 0.354 e. The highest BCUT2D eigenvalue weighted by Crippen LogP contribution is 2.25. The maximum Gasteiger partial charge on any atom is 0.354 e. The second-order valence-electron chi connectivity index (χ2n) is 10.3. The quantitative estimate of drug-likeness (QED) is 0.0947. The first-order chi connectivity index (χ1) is 21.8. The lowest BCUT2D eigenvalue weighted by Gasteiger charge is -2.20. The maximum absolute atomic E-state index is 13.2. The van der Waals surface area contributed by atoms with Gasteiger partial charge in [-0.25, -0.2) is 13.2 Å². The van der Waals surface area contributed by atoms with E-state index in [4.69, 9.17) is 25.4 Å². The topological polar surface area (TPSA) is 207 Å². The Morgan fingerprint density at radius 3 is 2.22 bits per heavy atom. The molecule has 2 aromatic rings. The van der Waals surface area contributed by atoms with Crippen molar-refractivity contribution in [3.8, 4) is 5.75 Å². The summed E-state index contributed by atoms with van der Waals surface area (Å²) in [6, 6.07) is 9.05. The van der Waals surface area contributed by atoms with E-state index in [9.17, 15) is 27.6 Å². The Kier molecular flexibility index (Phi) is 12.8. The van der Waals surface area contributed by atoms with Gasteiger partial charge >= 0.3 is 11.9 Å². The highest BCUT2D eigenvalue weighted by Gasteiger charge is 2.27. The van der Waals surface area contributed by atoms with E-state index in [2.05, 4.69) is 10.6 Å². The molecule has 0 aliphatic carbocycles. The van der Waals surface area contributed by atoms with Crippen LogP contribution in [-0.2, 0) is 33.9 Å². The zero-order chi connectivity index (χ0) is 33.9. The highest BCUT2D eigenvalue weighted by atomic mass is 32.2. The third-order valence-corrected chi connectivity index (χ3v) is 8.66. The standard InChI is InChI=1S/C31H39N5O9S/c1-4-43-28(38)18-24(35-30(39)21-10-12-25(13-11-21)46(41,42)36-14-6-7-15-36)19-45-27-17-23(29(32)33)9-8-22(27)16-26(34-20(3)37)31(40)44-5-2/h8-13,16-17,24H,4-7,14-15,18-19H2,1-3H3,(H3,32,33)(H,34,37)(H,35,39)/t24-/m1/s1. The van der Waals surface area contributed by atoms with Gasteiger partial charge in [-0.05, 0) is 63.1 Å². The van der Waals surface area contributed by atoms with Gasteiger partial charge in [-0.2, -0.15) is 4.31 Å². The maximum atomic E-state index is 13.2. The van der Waals surface area contributed by atoms with Crippen LogP contribution in [0.5, 0.6) is 5.75 Å². The predicted molar refractivity (Wildman–Crippen MR) is 168 cm³/mol. The molecule has 5 N–H and O–H groups in total. The molecular weight excluding hydrogens is 618 g/mol. The highest BCUT2D eigenvalue weighted by molar-refractivity contribution is 7.89. The van der Waals surface area contributed by atoms with Crippen molar-refractivity contribution in [3.63, 3.8) is 0 Å². The molecule has 3 rings (SSSR count). The number of ether oxygens (including phenoxy) is 3. The van der Waals surface area contributed by atoms with Crippen LogP contribution < -0.4 is 21.1 Å². The van der Waals surface area contributed by atoms with Crippen LogP contribution in [0, 0.1) is 5.41 Å². The van der Waals surface area contributed by atoms with E-state index < -0.39 is 39.8 Å². The van der Waals surface area contributed by atoms with Gasteiger partial charge in [0.05, 0.1) is 30.6 Å². The zero-order valence-electron chi connectivity index (χ0n) is 26.0. The first kappa shape index (κ1) is 35.7. The van der Waals surface area contributed by atoms with Crippen molar-refractivity contribution in [2.24, 2.45) is 5.73 Å². The Morgan fingerprint density at radius 1 is 1.00 bits per heavy atom. The number of carbonyl (C=O) groups excluding carboxylic acids is 4. The predicted octanol–water partition coefficient (Wildman–Crippen LogP) is 1.93. The van der Waals surface area contributed by atoms with Crippen LogP contribution in [0.25, 0.3) is 6.08 Å². The minimum atomic E-state index is -3.66. The molecule has 1 aliphatic rings. The summed E-state index contributed by atoms with van der Waals surface area (Å²) < 4.78 is 43.2. The van der Waals surface area contributed by atoms with Gasteiger partial charge in [0.15, 0.2) is 0 Å². The van der Waals surface area contributed by atoms with Crippen molar-refractivity contribution in [1.82, 2.24) is 14.9 Å². The Labute approximate surface area is 267 Å². The fourth-order valence-electron chi connectivity index (χ4n) is 4.53. The fraction of sp³-hybridized carbons (Fsp3) is 0.387. The summed E-state index contributed by atoms with van der Waals surface area (Å²) in [5.41, 5.74) is 6.26. The number of esters is 2. The molecule has 0 saturated carbocycles. The fourth-order valence-corrected chi connectivity index (χ4v) is 6.05. The van der Waals surface area contributed by atoms with Gasteiger partial charge in [0, 0.05) is 36.7 Å². The summed E-state index contributed by atoms with van der Waals surface area (Å²) in [6.45, 7) is 5.30. The lowest BCUT2D eigenvalue weighted by atomic mass is 10.1. The summed E-state index contributed by atoms with van der Waals surface area (Å²) in [6.07, 6.45) is 2.65. The second-order valence-corrected chi connectivity index (χ2v) is 12.2. The average Bonchev–Trinajstić information content (AvgIpc) is 3.56. The summed E-state index contributed by atoms with van der Waals surface area (Å²) >= 11 is 0. The lowest BCUT2D eigenvalue weighted by molar-refractivity contribution is -0.144. The van der Waals surface area contributed by atoms with Crippen LogP contribution >= 0.6 is 0 Å². The Morgan fingerprint density at radius 2 is 1.63 bits per heavy atom. The molecule has 0 radical (unpaired) electrons. The number of nitrogens with two attached hydrogens (primary N) is 1. The number of rotatable bonds is 15. The van der Waals surface area contributed by atoms with Gasteiger partial charge in [0.2, 0.25) is 15.9 Å². The largest absolute Gasteiger partial charge is 0.491 e. The van der Waals surface area contributed by atoms with Gasteiger partial charge in [-0.15, -0.1) is 0 Å². The van der Waals surface area contributed by atoms with Crippen LogP contribution in [0.3, 0.4) is 0 Å². The van der Waals surface area contributed by atoms with Crippen LogP contribution in [0.15, 0.2) is 53.1 Å². The molecular formula is C31H39N5O9S. The molecule has 15 heteroatoms. The minimum Gasteiger partial charge on any atom is -0.491 e. The molecule has 0 bridgehead atoms.